The van der Waals surface area contributed by atoms with E-state index in [1.165, 1.54) is 11.1 Å². The third kappa shape index (κ3) is 4.51. The first-order valence-electron chi connectivity index (χ1n) is 10.2. The number of primary amides is 1. The van der Waals surface area contributed by atoms with Crippen LogP contribution in [0.1, 0.15) is 47.2 Å². The van der Waals surface area contributed by atoms with Gasteiger partial charge in [-0.3, -0.25) is 4.79 Å². The van der Waals surface area contributed by atoms with Gasteiger partial charge in [-0.05, 0) is 72.7 Å². The Labute approximate surface area is 170 Å². The van der Waals surface area contributed by atoms with Gasteiger partial charge >= 0.3 is 0 Å². The van der Waals surface area contributed by atoms with E-state index in [1.54, 1.807) is 12.1 Å². The van der Waals surface area contributed by atoms with Crippen molar-refractivity contribution >= 4 is 22.4 Å². The van der Waals surface area contributed by atoms with Crippen LogP contribution in [0, 0.1) is 0 Å². The Morgan fingerprint density at radius 2 is 2.07 bits per heavy atom. The second-order valence-corrected chi connectivity index (χ2v) is 7.77. The number of aromatic hydroxyl groups is 1. The molecule has 150 valence electrons. The van der Waals surface area contributed by atoms with Crippen LogP contribution in [0.3, 0.4) is 0 Å². The van der Waals surface area contributed by atoms with E-state index in [9.17, 15) is 9.90 Å². The van der Waals surface area contributed by atoms with Gasteiger partial charge in [-0.2, -0.15) is 0 Å². The minimum absolute atomic E-state index is 0.316. The monoisotopic (exact) mass is 389 g/mol. The van der Waals surface area contributed by atoms with Gasteiger partial charge < -0.3 is 21.1 Å². The summed E-state index contributed by atoms with van der Waals surface area (Å²) in [5, 5.41) is 14.4. The summed E-state index contributed by atoms with van der Waals surface area (Å²) in [6.07, 6.45) is 9.56. The summed E-state index contributed by atoms with van der Waals surface area (Å²) in [7, 11) is 0. The maximum atomic E-state index is 11.4. The number of nitrogens with one attached hydrogen (secondary N) is 2. The zero-order valence-electron chi connectivity index (χ0n) is 16.4. The van der Waals surface area contributed by atoms with Crippen LogP contribution in [0.4, 0.5) is 0 Å². The first-order valence-corrected chi connectivity index (χ1v) is 10.2. The van der Waals surface area contributed by atoms with Gasteiger partial charge in [-0.25, -0.2) is 0 Å². The van der Waals surface area contributed by atoms with Crippen molar-refractivity contribution in [1.82, 2.24) is 10.3 Å². The SMILES string of the molecule is NC(=O)c1ccc2[nH]cc(CCCCC3CC(c4cccc(O)c4)=CCN3)c2c1. The number of fused-ring (bicyclic) bond motifs is 1. The third-order valence-corrected chi connectivity index (χ3v) is 5.74. The average molecular weight is 389 g/mol. The molecule has 0 aliphatic carbocycles. The average Bonchev–Trinajstić information content (AvgIpc) is 3.13. The van der Waals surface area contributed by atoms with Crippen LogP contribution in [-0.2, 0) is 6.42 Å². The van der Waals surface area contributed by atoms with Crippen LogP contribution in [0.25, 0.3) is 16.5 Å². The molecule has 0 bridgehead atoms. The molecule has 3 aromatic rings. The van der Waals surface area contributed by atoms with Crippen molar-refractivity contribution < 1.29 is 9.90 Å². The maximum Gasteiger partial charge on any atom is 0.248 e. The zero-order chi connectivity index (χ0) is 20.2. The number of benzene rings is 2. The molecule has 0 radical (unpaired) electrons. The highest BCUT2D eigenvalue weighted by molar-refractivity contribution is 5.97. The van der Waals surface area contributed by atoms with Crippen molar-refractivity contribution in [3.05, 3.63) is 71.4 Å². The lowest BCUT2D eigenvalue weighted by Crippen LogP contribution is -2.32. The third-order valence-electron chi connectivity index (χ3n) is 5.74. The molecule has 0 spiro atoms. The Morgan fingerprint density at radius 1 is 1.17 bits per heavy atom. The van der Waals surface area contributed by atoms with E-state index in [0.717, 1.165) is 55.1 Å². The summed E-state index contributed by atoms with van der Waals surface area (Å²) in [4.78, 5) is 14.7. The standard InChI is InChI=1S/C24H27N3O2/c25-24(29)18-8-9-23-22(14-18)19(15-27-23)4-1-2-6-20-12-17(10-11-26-20)16-5-3-7-21(28)13-16/h3,5,7-10,13-15,20,26-28H,1-2,4,6,11-12H2,(H2,25,29). The normalized spacial score (nSPS) is 16.7. The van der Waals surface area contributed by atoms with E-state index in [4.69, 9.17) is 5.73 Å². The number of H-pyrrole nitrogens is 1. The topological polar surface area (TPSA) is 91.1 Å². The molecule has 1 atom stereocenters. The summed E-state index contributed by atoms with van der Waals surface area (Å²) in [5.74, 6) is -0.0743. The van der Waals surface area contributed by atoms with Crippen molar-refractivity contribution in [3.8, 4) is 5.75 Å². The second kappa shape index (κ2) is 8.53. The molecule has 2 heterocycles. The van der Waals surface area contributed by atoms with E-state index in [-0.39, 0.29) is 0 Å². The molecule has 4 rings (SSSR count). The Kier molecular flexibility index (Phi) is 5.67. The first-order chi connectivity index (χ1) is 14.1. The van der Waals surface area contributed by atoms with Crippen LogP contribution in [0.15, 0.2) is 54.7 Å². The van der Waals surface area contributed by atoms with Crippen molar-refractivity contribution in [3.63, 3.8) is 0 Å². The number of rotatable bonds is 7. The number of carbonyl (C=O) groups excluding carboxylic acids is 1. The molecule has 0 saturated carbocycles. The molecule has 1 amide bonds. The van der Waals surface area contributed by atoms with Gasteiger partial charge in [0.25, 0.3) is 0 Å². The number of phenols is 1. The number of amides is 1. The fourth-order valence-corrected chi connectivity index (χ4v) is 4.16. The molecule has 0 fully saturated rings. The molecule has 0 saturated heterocycles. The highest BCUT2D eigenvalue weighted by atomic mass is 16.3. The molecule has 1 unspecified atom stereocenters. The van der Waals surface area contributed by atoms with E-state index >= 15 is 0 Å². The van der Waals surface area contributed by atoms with Crippen molar-refractivity contribution in [2.24, 2.45) is 5.73 Å². The van der Waals surface area contributed by atoms with Crippen molar-refractivity contribution in [1.29, 1.82) is 0 Å². The lowest BCUT2D eigenvalue weighted by atomic mass is 9.92. The lowest BCUT2D eigenvalue weighted by molar-refractivity contribution is 0.100. The van der Waals surface area contributed by atoms with Crippen LogP contribution in [-0.4, -0.2) is 28.6 Å². The van der Waals surface area contributed by atoms with Gasteiger partial charge in [0.2, 0.25) is 5.91 Å². The summed E-state index contributed by atoms with van der Waals surface area (Å²) in [6, 6.07) is 13.5. The van der Waals surface area contributed by atoms with Gasteiger partial charge in [0.1, 0.15) is 5.75 Å². The van der Waals surface area contributed by atoms with Gasteiger partial charge in [-0.1, -0.05) is 24.6 Å². The van der Waals surface area contributed by atoms with Crippen LogP contribution in [0.2, 0.25) is 0 Å². The maximum absolute atomic E-state index is 11.4. The highest BCUT2D eigenvalue weighted by Gasteiger charge is 2.16. The minimum Gasteiger partial charge on any atom is -0.508 e. The van der Waals surface area contributed by atoms with Gasteiger partial charge in [0.15, 0.2) is 0 Å². The predicted molar refractivity (Wildman–Crippen MR) is 117 cm³/mol. The van der Waals surface area contributed by atoms with Crippen molar-refractivity contribution in [2.75, 3.05) is 6.54 Å². The number of phenolic OH excluding ortho intramolecular Hbond substituents is 1. The smallest absolute Gasteiger partial charge is 0.248 e. The summed E-state index contributed by atoms with van der Waals surface area (Å²) in [6.45, 7) is 0.869. The molecule has 1 aliphatic heterocycles. The quantitative estimate of drug-likeness (QED) is 0.458. The second-order valence-electron chi connectivity index (χ2n) is 7.77. The molecule has 29 heavy (non-hydrogen) atoms. The molecule has 1 aromatic heterocycles. The van der Waals surface area contributed by atoms with Crippen LogP contribution < -0.4 is 11.1 Å². The Morgan fingerprint density at radius 3 is 2.90 bits per heavy atom. The molecule has 5 N–H and O–H groups in total. The van der Waals surface area contributed by atoms with Gasteiger partial charge in [0.05, 0.1) is 0 Å². The lowest BCUT2D eigenvalue weighted by Gasteiger charge is -2.24. The number of carbonyl (C=O) groups is 1. The fourth-order valence-electron chi connectivity index (χ4n) is 4.16. The highest BCUT2D eigenvalue weighted by Crippen LogP contribution is 2.27. The number of hydrogen-bond acceptors (Lipinski definition) is 3. The number of aromatic amines is 1. The Bertz CT molecular complexity index is 1050. The van der Waals surface area contributed by atoms with Gasteiger partial charge in [-0.15, -0.1) is 0 Å². The fraction of sp³-hybridized carbons (Fsp3) is 0.292. The first kappa shape index (κ1) is 19.3. The molecule has 5 heteroatoms. The number of hydrogen-bond donors (Lipinski definition) is 4. The van der Waals surface area contributed by atoms with E-state index < -0.39 is 5.91 Å². The van der Waals surface area contributed by atoms with Crippen LogP contribution in [0.5, 0.6) is 5.75 Å². The molecular formula is C24H27N3O2. The summed E-state index contributed by atoms with van der Waals surface area (Å²) < 4.78 is 0. The molecular weight excluding hydrogens is 362 g/mol. The van der Waals surface area contributed by atoms with E-state index in [2.05, 4.69) is 22.4 Å². The molecule has 1 aliphatic rings. The number of aromatic nitrogens is 1. The predicted octanol–water partition coefficient (Wildman–Crippen LogP) is 4.13. The van der Waals surface area contributed by atoms with E-state index in [1.807, 2.05) is 30.5 Å². The number of nitrogens with two attached hydrogens (primary N) is 1. The Balaban J connectivity index is 1.31. The zero-order valence-corrected chi connectivity index (χ0v) is 16.4. The summed E-state index contributed by atoms with van der Waals surface area (Å²) >= 11 is 0. The number of unbranched alkanes of at least 4 members (excludes halogenated alkanes) is 1. The Hall–Kier alpha value is -3.05. The molecule has 2 aromatic carbocycles. The van der Waals surface area contributed by atoms with E-state index in [0.29, 0.717) is 17.4 Å². The van der Waals surface area contributed by atoms with Crippen molar-refractivity contribution in [2.45, 2.75) is 38.1 Å². The van der Waals surface area contributed by atoms with Crippen LogP contribution >= 0.6 is 0 Å². The van der Waals surface area contributed by atoms with Gasteiger partial charge in [0, 0.05) is 35.2 Å². The number of aryl methyl sites for hydroxylation is 1. The summed E-state index contributed by atoms with van der Waals surface area (Å²) in [5.41, 5.74) is 10.7. The minimum atomic E-state index is -0.391. The molecule has 5 nitrogen and oxygen atoms in total. The largest absolute Gasteiger partial charge is 0.508 e.